The Morgan fingerprint density at radius 1 is 1.19 bits per heavy atom. The lowest BCUT2D eigenvalue weighted by molar-refractivity contribution is 0.0544. The van der Waals surface area contributed by atoms with Crippen LogP contribution in [-0.2, 0) is 4.74 Å². The highest BCUT2D eigenvalue weighted by molar-refractivity contribution is 4.86. The first kappa shape index (κ1) is 12.4. The van der Waals surface area contributed by atoms with Crippen LogP contribution in [-0.4, -0.2) is 25.3 Å². The Bertz CT molecular complexity index is 193. The minimum atomic E-state index is 0.576. The highest BCUT2D eigenvalue weighted by Gasteiger charge is 2.30. The third-order valence-electron chi connectivity index (χ3n) is 4.31. The van der Waals surface area contributed by atoms with Crippen molar-refractivity contribution < 1.29 is 4.74 Å². The average Bonchev–Trinajstić information content (AvgIpc) is 2.66. The maximum absolute atomic E-state index is 5.83. The van der Waals surface area contributed by atoms with E-state index in [1.165, 1.54) is 38.5 Å². The molecule has 0 heterocycles. The molecule has 16 heavy (non-hydrogen) atoms. The molecule has 2 fully saturated rings. The molecule has 94 valence electrons. The fraction of sp³-hybridized carbons (Fsp3) is 1.00. The Labute approximate surface area is 100 Å². The molecular formula is C14H27NO. The lowest BCUT2D eigenvalue weighted by Crippen LogP contribution is -2.44. The van der Waals surface area contributed by atoms with E-state index in [-0.39, 0.29) is 0 Å². The molecule has 2 aliphatic carbocycles. The van der Waals surface area contributed by atoms with Crippen LogP contribution in [0.25, 0.3) is 0 Å². The predicted octanol–water partition coefficient (Wildman–Crippen LogP) is 2.97. The second-order valence-corrected chi connectivity index (χ2v) is 5.90. The van der Waals surface area contributed by atoms with E-state index >= 15 is 0 Å². The first-order valence-corrected chi connectivity index (χ1v) is 7.10. The van der Waals surface area contributed by atoms with Crippen LogP contribution in [0.3, 0.4) is 0 Å². The average molecular weight is 225 g/mol. The van der Waals surface area contributed by atoms with Crippen molar-refractivity contribution in [2.75, 3.05) is 13.2 Å². The van der Waals surface area contributed by atoms with Gasteiger partial charge < -0.3 is 10.1 Å². The van der Waals surface area contributed by atoms with Crippen LogP contribution in [0.1, 0.15) is 52.4 Å². The molecule has 0 amide bonds. The zero-order chi connectivity index (χ0) is 11.4. The van der Waals surface area contributed by atoms with E-state index in [0.717, 1.165) is 31.0 Å². The molecule has 2 heteroatoms. The van der Waals surface area contributed by atoms with Gasteiger partial charge in [0, 0.05) is 12.6 Å². The highest BCUT2D eigenvalue weighted by Crippen LogP contribution is 2.33. The molecule has 0 atom stereocenters. The van der Waals surface area contributed by atoms with Gasteiger partial charge in [0.1, 0.15) is 0 Å². The fourth-order valence-corrected chi connectivity index (χ4v) is 2.92. The second-order valence-electron chi connectivity index (χ2n) is 5.90. The van der Waals surface area contributed by atoms with Gasteiger partial charge in [-0.3, -0.25) is 0 Å². The van der Waals surface area contributed by atoms with Crippen molar-refractivity contribution in [2.45, 2.75) is 64.5 Å². The van der Waals surface area contributed by atoms with Gasteiger partial charge in [0.15, 0.2) is 0 Å². The molecule has 2 nitrogen and oxygen atoms in total. The number of rotatable bonds is 6. The van der Waals surface area contributed by atoms with Crippen LogP contribution < -0.4 is 5.32 Å². The van der Waals surface area contributed by atoms with Crippen LogP contribution >= 0.6 is 0 Å². The molecular weight excluding hydrogens is 198 g/mol. The molecule has 0 radical (unpaired) electrons. The van der Waals surface area contributed by atoms with Crippen molar-refractivity contribution in [2.24, 2.45) is 11.8 Å². The maximum Gasteiger partial charge on any atom is 0.0594 e. The van der Waals surface area contributed by atoms with Crippen molar-refractivity contribution in [3.05, 3.63) is 0 Å². The van der Waals surface area contributed by atoms with Crippen molar-refractivity contribution in [3.8, 4) is 0 Å². The summed E-state index contributed by atoms with van der Waals surface area (Å²) in [5, 5.41) is 3.60. The van der Waals surface area contributed by atoms with Gasteiger partial charge in [0.05, 0.1) is 12.7 Å². The van der Waals surface area contributed by atoms with E-state index in [0.29, 0.717) is 6.10 Å². The van der Waals surface area contributed by atoms with Crippen LogP contribution in [0.15, 0.2) is 0 Å². The number of nitrogens with one attached hydrogen (secondary N) is 1. The first-order chi connectivity index (χ1) is 7.75. The zero-order valence-corrected chi connectivity index (χ0v) is 10.9. The molecule has 0 spiro atoms. The molecule has 2 aliphatic rings. The van der Waals surface area contributed by atoms with Crippen LogP contribution in [0.5, 0.6) is 0 Å². The second kappa shape index (κ2) is 6.02. The van der Waals surface area contributed by atoms with Crippen molar-refractivity contribution in [3.63, 3.8) is 0 Å². The minimum absolute atomic E-state index is 0.576. The third-order valence-corrected chi connectivity index (χ3v) is 4.31. The predicted molar refractivity (Wildman–Crippen MR) is 67.6 cm³/mol. The third kappa shape index (κ3) is 3.46. The Morgan fingerprint density at radius 3 is 2.50 bits per heavy atom. The van der Waals surface area contributed by atoms with Gasteiger partial charge in [-0.05, 0) is 37.5 Å². The molecule has 2 rings (SSSR count). The highest BCUT2D eigenvalue weighted by atomic mass is 16.5. The van der Waals surface area contributed by atoms with Gasteiger partial charge in [0.2, 0.25) is 0 Å². The van der Waals surface area contributed by atoms with Crippen molar-refractivity contribution in [1.29, 1.82) is 0 Å². The lowest BCUT2D eigenvalue weighted by Gasteiger charge is -2.38. The Balaban J connectivity index is 1.44. The molecule has 0 unspecified atom stereocenters. The fourth-order valence-electron chi connectivity index (χ4n) is 2.92. The van der Waals surface area contributed by atoms with E-state index in [9.17, 15) is 0 Å². The largest absolute Gasteiger partial charge is 0.377 e. The summed E-state index contributed by atoms with van der Waals surface area (Å²) in [6, 6.07) is 0.777. The smallest absolute Gasteiger partial charge is 0.0594 e. The summed E-state index contributed by atoms with van der Waals surface area (Å²) in [6.45, 7) is 6.63. The van der Waals surface area contributed by atoms with Gasteiger partial charge in [-0.2, -0.15) is 0 Å². The normalized spacial score (nSPS) is 30.9. The quantitative estimate of drug-likeness (QED) is 0.702. The summed E-state index contributed by atoms with van der Waals surface area (Å²) in [5.74, 6) is 1.83. The monoisotopic (exact) mass is 225 g/mol. The summed E-state index contributed by atoms with van der Waals surface area (Å²) in [7, 11) is 0. The molecule has 0 aromatic rings. The van der Waals surface area contributed by atoms with E-state index in [1.54, 1.807) is 0 Å². The molecule has 1 N–H and O–H groups in total. The van der Waals surface area contributed by atoms with E-state index < -0.39 is 0 Å². The molecule has 0 aromatic carbocycles. The summed E-state index contributed by atoms with van der Waals surface area (Å²) in [5.41, 5.74) is 0. The van der Waals surface area contributed by atoms with Crippen LogP contribution in [0.2, 0.25) is 0 Å². The van der Waals surface area contributed by atoms with E-state index in [4.69, 9.17) is 4.74 Å². The van der Waals surface area contributed by atoms with Crippen LogP contribution in [0.4, 0.5) is 0 Å². The Morgan fingerprint density at radius 2 is 1.88 bits per heavy atom. The van der Waals surface area contributed by atoms with Crippen molar-refractivity contribution >= 4 is 0 Å². The molecule has 2 saturated carbocycles. The summed E-state index contributed by atoms with van der Waals surface area (Å²) < 4.78 is 5.83. The molecule has 0 aliphatic heterocycles. The summed E-state index contributed by atoms with van der Waals surface area (Å²) >= 11 is 0. The van der Waals surface area contributed by atoms with Gasteiger partial charge in [-0.25, -0.2) is 0 Å². The topological polar surface area (TPSA) is 21.3 Å². The van der Waals surface area contributed by atoms with Crippen molar-refractivity contribution in [1.82, 2.24) is 5.32 Å². The van der Waals surface area contributed by atoms with Gasteiger partial charge in [-0.1, -0.05) is 26.7 Å². The minimum Gasteiger partial charge on any atom is -0.377 e. The van der Waals surface area contributed by atoms with Gasteiger partial charge >= 0.3 is 0 Å². The zero-order valence-electron chi connectivity index (χ0n) is 10.9. The van der Waals surface area contributed by atoms with Crippen LogP contribution in [0, 0.1) is 11.8 Å². The molecule has 0 saturated heterocycles. The maximum atomic E-state index is 5.83. The number of ether oxygens (including phenoxy) is 1. The SMILES string of the molecule is CC(C)C1CC(NCCOC2CCCC2)C1. The number of hydrogen-bond acceptors (Lipinski definition) is 2. The molecule has 0 aromatic heterocycles. The molecule has 0 bridgehead atoms. The summed E-state index contributed by atoms with van der Waals surface area (Å²) in [4.78, 5) is 0. The first-order valence-electron chi connectivity index (χ1n) is 7.10. The lowest BCUT2D eigenvalue weighted by atomic mass is 9.74. The number of hydrogen-bond donors (Lipinski definition) is 1. The summed E-state index contributed by atoms with van der Waals surface area (Å²) in [6.07, 6.45) is 8.65. The standard InChI is InChI=1S/C14H27NO/c1-11(2)12-9-13(10-12)15-7-8-16-14-5-3-4-6-14/h11-15H,3-10H2,1-2H3. The van der Waals surface area contributed by atoms with E-state index in [2.05, 4.69) is 19.2 Å². The van der Waals surface area contributed by atoms with E-state index in [1.807, 2.05) is 0 Å². The van der Waals surface area contributed by atoms with Gasteiger partial charge in [0.25, 0.3) is 0 Å². The van der Waals surface area contributed by atoms with Gasteiger partial charge in [-0.15, -0.1) is 0 Å². The Kier molecular flexibility index (Phi) is 4.66. The Hall–Kier alpha value is -0.0800.